The first-order chi connectivity index (χ1) is 10.1. The number of carbonyl (C=O) groups is 1. The second kappa shape index (κ2) is 6.94. The van der Waals surface area contributed by atoms with E-state index in [4.69, 9.17) is 0 Å². The van der Waals surface area contributed by atoms with Crippen LogP contribution >= 0.6 is 0 Å². The normalized spacial score (nSPS) is 20.6. The van der Waals surface area contributed by atoms with E-state index in [-0.39, 0.29) is 18.0 Å². The molecule has 0 spiro atoms. The number of anilines is 1. The second-order valence-corrected chi connectivity index (χ2v) is 5.88. The molecule has 0 fully saturated rings. The van der Waals surface area contributed by atoms with Gasteiger partial charge in [-0.25, -0.2) is 0 Å². The summed E-state index contributed by atoms with van der Waals surface area (Å²) in [5.41, 5.74) is 2.46. The zero-order chi connectivity index (χ0) is 15.4. The van der Waals surface area contributed by atoms with E-state index in [1.807, 2.05) is 27.0 Å². The number of benzene rings is 1. The summed E-state index contributed by atoms with van der Waals surface area (Å²) in [7, 11) is 2.00. The molecule has 1 aliphatic rings. The Labute approximate surface area is 127 Å². The van der Waals surface area contributed by atoms with Crippen LogP contribution in [0.2, 0.25) is 0 Å². The molecule has 2 rings (SSSR count). The lowest BCUT2D eigenvalue weighted by molar-refractivity contribution is -0.122. The summed E-state index contributed by atoms with van der Waals surface area (Å²) in [5, 5.41) is 6.45. The number of amides is 1. The van der Waals surface area contributed by atoms with Gasteiger partial charge in [0.1, 0.15) is 6.04 Å². The predicted molar refractivity (Wildman–Crippen MR) is 87.6 cm³/mol. The molecule has 4 heteroatoms. The first kappa shape index (κ1) is 15.8. The van der Waals surface area contributed by atoms with Gasteiger partial charge in [-0.2, -0.15) is 0 Å². The summed E-state index contributed by atoms with van der Waals surface area (Å²) in [6.45, 7) is 7.03. The van der Waals surface area contributed by atoms with E-state index < -0.39 is 0 Å². The zero-order valence-corrected chi connectivity index (χ0v) is 13.5. The highest BCUT2D eigenvalue weighted by Gasteiger charge is 2.29. The molecule has 0 bridgehead atoms. The van der Waals surface area contributed by atoms with E-state index in [1.165, 1.54) is 11.3 Å². The van der Waals surface area contributed by atoms with Crippen molar-refractivity contribution >= 4 is 11.6 Å². The van der Waals surface area contributed by atoms with Crippen LogP contribution in [0.25, 0.3) is 0 Å². The number of rotatable bonds is 5. The molecular weight excluding hydrogens is 262 g/mol. The fourth-order valence-corrected chi connectivity index (χ4v) is 2.90. The minimum absolute atomic E-state index is 0.113. The van der Waals surface area contributed by atoms with Crippen LogP contribution in [0.4, 0.5) is 5.69 Å². The van der Waals surface area contributed by atoms with Crippen molar-refractivity contribution < 1.29 is 4.79 Å². The summed E-state index contributed by atoms with van der Waals surface area (Å²) in [6, 6.07) is 8.85. The fourth-order valence-electron chi connectivity index (χ4n) is 2.90. The quantitative estimate of drug-likeness (QED) is 0.875. The van der Waals surface area contributed by atoms with Crippen molar-refractivity contribution in [1.29, 1.82) is 0 Å². The molecule has 21 heavy (non-hydrogen) atoms. The van der Waals surface area contributed by atoms with E-state index in [9.17, 15) is 4.79 Å². The van der Waals surface area contributed by atoms with E-state index in [0.717, 1.165) is 19.4 Å². The third-order valence-corrected chi connectivity index (χ3v) is 4.48. The van der Waals surface area contributed by atoms with Gasteiger partial charge in [0.05, 0.1) is 0 Å². The lowest BCUT2D eigenvalue weighted by Gasteiger charge is -2.39. The van der Waals surface area contributed by atoms with Crippen molar-refractivity contribution in [2.24, 2.45) is 0 Å². The Morgan fingerprint density at radius 2 is 2.10 bits per heavy atom. The molecule has 0 aromatic heterocycles. The van der Waals surface area contributed by atoms with Crippen LogP contribution in [0, 0.1) is 0 Å². The first-order valence-electron chi connectivity index (χ1n) is 7.91. The minimum Gasteiger partial charge on any atom is -0.359 e. The Kier molecular flexibility index (Phi) is 5.23. The van der Waals surface area contributed by atoms with Gasteiger partial charge in [-0.15, -0.1) is 0 Å². The molecule has 0 saturated heterocycles. The van der Waals surface area contributed by atoms with Gasteiger partial charge in [0, 0.05) is 24.3 Å². The van der Waals surface area contributed by atoms with Crippen LogP contribution in [-0.2, 0) is 4.79 Å². The SMILES string of the molecule is CCC(C)NC(=O)C(C)N1CCC(NC)c2ccccc21. The van der Waals surface area contributed by atoms with Crippen LogP contribution in [0.15, 0.2) is 24.3 Å². The van der Waals surface area contributed by atoms with Gasteiger partial charge < -0.3 is 15.5 Å². The predicted octanol–water partition coefficient (Wildman–Crippen LogP) is 2.46. The van der Waals surface area contributed by atoms with Crippen molar-refractivity contribution in [3.05, 3.63) is 29.8 Å². The highest BCUT2D eigenvalue weighted by atomic mass is 16.2. The smallest absolute Gasteiger partial charge is 0.242 e. The Morgan fingerprint density at radius 3 is 2.76 bits per heavy atom. The maximum atomic E-state index is 12.4. The van der Waals surface area contributed by atoms with Gasteiger partial charge in [0.15, 0.2) is 0 Å². The lowest BCUT2D eigenvalue weighted by Crippen LogP contribution is -2.50. The van der Waals surface area contributed by atoms with Crippen LogP contribution in [-0.4, -0.2) is 31.6 Å². The Morgan fingerprint density at radius 1 is 1.38 bits per heavy atom. The molecule has 3 atom stereocenters. The van der Waals surface area contributed by atoms with Gasteiger partial charge in [-0.3, -0.25) is 4.79 Å². The van der Waals surface area contributed by atoms with Crippen LogP contribution in [0.3, 0.4) is 0 Å². The average Bonchev–Trinajstić information content (AvgIpc) is 2.52. The van der Waals surface area contributed by atoms with Crippen LogP contribution in [0.1, 0.15) is 45.2 Å². The first-order valence-corrected chi connectivity index (χ1v) is 7.91. The fraction of sp³-hybridized carbons (Fsp3) is 0.588. The monoisotopic (exact) mass is 289 g/mol. The van der Waals surface area contributed by atoms with Gasteiger partial charge >= 0.3 is 0 Å². The van der Waals surface area contributed by atoms with Gasteiger partial charge in [0.2, 0.25) is 5.91 Å². The van der Waals surface area contributed by atoms with E-state index in [0.29, 0.717) is 6.04 Å². The van der Waals surface area contributed by atoms with Crippen LogP contribution < -0.4 is 15.5 Å². The number of fused-ring (bicyclic) bond motifs is 1. The summed E-state index contributed by atoms with van der Waals surface area (Å²) in [4.78, 5) is 14.6. The van der Waals surface area contributed by atoms with Gasteiger partial charge in [-0.05, 0) is 45.4 Å². The van der Waals surface area contributed by atoms with E-state index in [2.05, 4.69) is 40.7 Å². The molecule has 4 nitrogen and oxygen atoms in total. The molecule has 1 aromatic rings. The van der Waals surface area contributed by atoms with Gasteiger partial charge in [0.25, 0.3) is 0 Å². The number of hydrogen-bond donors (Lipinski definition) is 2. The molecule has 1 aromatic carbocycles. The van der Waals surface area contributed by atoms with Crippen molar-refractivity contribution in [3.8, 4) is 0 Å². The highest BCUT2D eigenvalue weighted by molar-refractivity contribution is 5.85. The lowest BCUT2D eigenvalue weighted by atomic mass is 9.95. The van der Waals surface area contributed by atoms with Crippen LogP contribution in [0.5, 0.6) is 0 Å². The summed E-state index contributed by atoms with van der Waals surface area (Å²) < 4.78 is 0. The molecular formula is C17H27N3O. The number of nitrogens with one attached hydrogen (secondary N) is 2. The minimum atomic E-state index is -0.141. The average molecular weight is 289 g/mol. The number of para-hydroxylation sites is 1. The number of nitrogens with zero attached hydrogens (tertiary/aromatic N) is 1. The largest absolute Gasteiger partial charge is 0.359 e. The van der Waals surface area contributed by atoms with E-state index in [1.54, 1.807) is 0 Å². The summed E-state index contributed by atoms with van der Waals surface area (Å²) in [5.74, 6) is 0.113. The summed E-state index contributed by atoms with van der Waals surface area (Å²) in [6.07, 6.45) is 1.98. The number of carbonyl (C=O) groups excluding carboxylic acids is 1. The van der Waals surface area contributed by atoms with Crippen molar-refractivity contribution in [3.63, 3.8) is 0 Å². The maximum absolute atomic E-state index is 12.4. The molecule has 1 amide bonds. The third kappa shape index (κ3) is 3.38. The molecule has 0 radical (unpaired) electrons. The number of hydrogen-bond acceptors (Lipinski definition) is 3. The van der Waals surface area contributed by atoms with Gasteiger partial charge in [-0.1, -0.05) is 25.1 Å². The Hall–Kier alpha value is -1.55. The highest BCUT2D eigenvalue weighted by Crippen LogP contribution is 2.34. The third-order valence-electron chi connectivity index (χ3n) is 4.48. The van der Waals surface area contributed by atoms with Crippen molar-refractivity contribution in [2.45, 2.75) is 51.7 Å². The molecule has 2 N–H and O–H groups in total. The molecule has 1 aliphatic heterocycles. The van der Waals surface area contributed by atoms with E-state index >= 15 is 0 Å². The Balaban J connectivity index is 2.19. The summed E-state index contributed by atoms with van der Waals surface area (Å²) >= 11 is 0. The molecule has 116 valence electrons. The zero-order valence-electron chi connectivity index (χ0n) is 13.5. The van der Waals surface area contributed by atoms with Crippen molar-refractivity contribution in [1.82, 2.24) is 10.6 Å². The topological polar surface area (TPSA) is 44.4 Å². The Bertz CT molecular complexity index is 489. The maximum Gasteiger partial charge on any atom is 0.242 e. The molecule has 0 saturated carbocycles. The molecule has 1 heterocycles. The van der Waals surface area contributed by atoms with Crippen molar-refractivity contribution in [2.75, 3.05) is 18.5 Å². The molecule has 3 unspecified atom stereocenters. The molecule has 0 aliphatic carbocycles. The standard InChI is InChI=1S/C17H27N3O/c1-5-12(2)19-17(21)13(3)20-11-10-15(18-4)14-8-6-7-9-16(14)20/h6-9,12-13,15,18H,5,10-11H2,1-4H3,(H,19,21). The second-order valence-electron chi connectivity index (χ2n) is 5.88.